The third-order valence-electron chi connectivity index (χ3n) is 2.58. The largest absolute Gasteiger partial charge is 0.409 e. The summed E-state index contributed by atoms with van der Waals surface area (Å²) in [5.41, 5.74) is 7.77. The number of nitrogens with zero attached hydrogens (tertiary/aromatic N) is 3. The van der Waals surface area contributed by atoms with Crippen LogP contribution in [0.5, 0.6) is 0 Å². The van der Waals surface area contributed by atoms with Gasteiger partial charge in [-0.1, -0.05) is 23.7 Å². The molecule has 1 aromatic carbocycles. The Morgan fingerprint density at radius 1 is 1.61 bits per heavy atom. The minimum absolute atomic E-state index is 0.118. The number of fused-ring (bicyclic) bond motifs is 1. The zero-order chi connectivity index (χ0) is 13.1. The average molecular weight is 286 g/mol. The fourth-order valence-corrected chi connectivity index (χ4v) is 2.22. The first-order chi connectivity index (χ1) is 8.63. The van der Waals surface area contributed by atoms with E-state index in [1.54, 1.807) is 6.07 Å². The van der Waals surface area contributed by atoms with Gasteiger partial charge in [-0.05, 0) is 12.1 Å². The number of benzene rings is 1. The van der Waals surface area contributed by atoms with Crippen molar-refractivity contribution in [1.29, 1.82) is 0 Å². The van der Waals surface area contributed by atoms with Crippen molar-refractivity contribution in [1.82, 2.24) is 8.75 Å². The van der Waals surface area contributed by atoms with Crippen molar-refractivity contribution >= 4 is 45.9 Å². The first kappa shape index (κ1) is 12.8. The monoisotopic (exact) mass is 285 g/mol. The van der Waals surface area contributed by atoms with Crippen LogP contribution in [0, 0.1) is 5.92 Å². The van der Waals surface area contributed by atoms with E-state index in [9.17, 15) is 0 Å². The number of amidine groups is 1. The van der Waals surface area contributed by atoms with Gasteiger partial charge in [0.2, 0.25) is 0 Å². The van der Waals surface area contributed by atoms with Crippen LogP contribution in [0.4, 0.5) is 5.69 Å². The number of hydrogen-bond donors (Lipinski definition) is 3. The Balaban J connectivity index is 2.21. The number of anilines is 1. The van der Waals surface area contributed by atoms with E-state index in [1.165, 1.54) is 0 Å². The molecule has 0 radical (unpaired) electrons. The van der Waals surface area contributed by atoms with Crippen molar-refractivity contribution < 1.29 is 5.21 Å². The molecule has 0 saturated heterocycles. The molecule has 0 aliphatic carbocycles. The molecule has 8 heteroatoms. The fraction of sp³-hybridized carbons (Fsp3) is 0.300. The highest BCUT2D eigenvalue weighted by atomic mass is 35.5. The number of nitrogens with two attached hydrogens (primary N) is 1. The Hall–Kier alpha value is -1.60. The zero-order valence-corrected chi connectivity index (χ0v) is 11.2. The molecule has 0 spiro atoms. The molecule has 1 unspecified atom stereocenters. The molecule has 2 rings (SSSR count). The van der Waals surface area contributed by atoms with E-state index in [-0.39, 0.29) is 11.8 Å². The maximum atomic E-state index is 8.58. The van der Waals surface area contributed by atoms with Gasteiger partial charge in [0, 0.05) is 12.5 Å². The lowest BCUT2D eigenvalue weighted by Gasteiger charge is -2.13. The predicted octanol–water partition coefficient (Wildman–Crippen LogP) is 2.14. The fourth-order valence-electron chi connectivity index (χ4n) is 1.45. The summed E-state index contributed by atoms with van der Waals surface area (Å²) < 4.78 is 8.34. The number of aromatic nitrogens is 2. The van der Waals surface area contributed by atoms with Gasteiger partial charge in [0.15, 0.2) is 0 Å². The number of hydrogen-bond acceptors (Lipinski definition) is 6. The summed E-state index contributed by atoms with van der Waals surface area (Å²) in [5, 5.41) is 15.3. The molecule has 0 saturated carbocycles. The van der Waals surface area contributed by atoms with E-state index < -0.39 is 0 Å². The quantitative estimate of drug-likeness (QED) is 0.346. The molecule has 0 amide bonds. The number of nitrogens with one attached hydrogen (secondary N) is 1. The van der Waals surface area contributed by atoms with Crippen LogP contribution < -0.4 is 11.1 Å². The van der Waals surface area contributed by atoms with Gasteiger partial charge in [0.25, 0.3) is 0 Å². The van der Waals surface area contributed by atoms with Crippen LogP contribution in [0.2, 0.25) is 5.02 Å². The molecule has 1 aromatic heterocycles. The third-order valence-corrected chi connectivity index (χ3v) is 3.44. The molecule has 0 aliphatic heterocycles. The highest BCUT2D eigenvalue weighted by Gasteiger charge is 2.12. The molecule has 1 atom stereocenters. The van der Waals surface area contributed by atoms with Crippen LogP contribution in [-0.2, 0) is 0 Å². The van der Waals surface area contributed by atoms with E-state index >= 15 is 0 Å². The summed E-state index contributed by atoms with van der Waals surface area (Å²) in [7, 11) is 0. The summed E-state index contributed by atoms with van der Waals surface area (Å²) >= 11 is 7.25. The average Bonchev–Trinajstić information content (AvgIpc) is 2.84. The Morgan fingerprint density at radius 3 is 3.11 bits per heavy atom. The van der Waals surface area contributed by atoms with Crippen molar-refractivity contribution in [3.8, 4) is 0 Å². The zero-order valence-electron chi connectivity index (χ0n) is 9.59. The van der Waals surface area contributed by atoms with Crippen LogP contribution in [0.1, 0.15) is 6.92 Å². The van der Waals surface area contributed by atoms with Gasteiger partial charge in [0.1, 0.15) is 16.9 Å². The minimum Gasteiger partial charge on any atom is -0.409 e. The van der Waals surface area contributed by atoms with E-state index in [2.05, 4.69) is 19.2 Å². The molecule has 0 fully saturated rings. The van der Waals surface area contributed by atoms with E-state index in [0.29, 0.717) is 11.6 Å². The third kappa shape index (κ3) is 2.46. The molecular weight excluding hydrogens is 274 g/mol. The van der Waals surface area contributed by atoms with Gasteiger partial charge < -0.3 is 16.3 Å². The van der Waals surface area contributed by atoms with Gasteiger partial charge >= 0.3 is 0 Å². The minimum atomic E-state index is -0.118. The van der Waals surface area contributed by atoms with Crippen molar-refractivity contribution in [3.05, 3.63) is 17.2 Å². The normalized spacial score (nSPS) is 13.8. The maximum Gasteiger partial charge on any atom is 0.143 e. The second kappa shape index (κ2) is 5.36. The molecule has 2 aromatic rings. The summed E-state index contributed by atoms with van der Waals surface area (Å²) in [4.78, 5) is 0. The van der Waals surface area contributed by atoms with Crippen LogP contribution in [0.15, 0.2) is 17.3 Å². The molecule has 1 heterocycles. The SMILES string of the molecule is CC(CNc1c(Cl)ccc2nsnc12)C(N)=NO. The van der Waals surface area contributed by atoms with Crippen LogP contribution in [0.25, 0.3) is 11.0 Å². The Kier molecular flexibility index (Phi) is 3.83. The molecule has 0 aliphatic rings. The lowest BCUT2D eigenvalue weighted by Crippen LogP contribution is -2.27. The smallest absolute Gasteiger partial charge is 0.143 e. The lowest BCUT2D eigenvalue weighted by molar-refractivity contribution is 0.315. The molecule has 4 N–H and O–H groups in total. The van der Waals surface area contributed by atoms with E-state index in [0.717, 1.165) is 28.4 Å². The Morgan fingerprint density at radius 2 is 2.39 bits per heavy atom. The van der Waals surface area contributed by atoms with Gasteiger partial charge in [-0.25, -0.2) is 0 Å². The van der Waals surface area contributed by atoms with Crippen LogP contribution in [-0.4, -0.2) is 26.3 Å². The maximum absolute atomic E-state index is 8.58. The second-order valence-electron chi connectivity index (χ2n) is 3.86. The van der Waals surface area contributed by atoms with Crippen molar-refractivity contribution in [2.45, 2.75) is 6.92 Å². The lowest BCUT2D eigenvalue weighted by atomic mass is 10.1. The van der Waals surface area contributed by atoms with Gasteiger partial charge in [-0.3, -0.25) is 0 Å². The molecular formula is C10H12ClN5OS. The van der Waals surface area contributed by atoms with Crippen LogP contribution in [0.3, 0.4) is 0 Å². The molecule has 6 nitrogen and oxygen atoms in total. The topological polar surface area (TPSA) is 96.4 Å². The Bertz CT molecular complexity index is 585. The van der Waals surface area contributed by atoms with Crippen molar-refractivity contribution in [2.24, 2.45) is 16.8 Å². The Labute approximate surface area is 113 Å². The molecule has 0 bridgehead atoms. The first-order valence-electron chi connectivity index (χ1n) is 5.25. The van der Waals surface area contributed by atoms with Gasteiger partial charge in [-0.15, -0.1) is 0 Å². The van der Waals surface area contributed by atoms with E-state index in [1.807, 2.05) is 13.0 Å². The molecule has 18 heavy (non-hydrogen) atoms. The highest BCUT2D eigenvalue weighted by molar-refractivity contribution is 7.00. The predicted molar refractivity (Wildman–Crippen MR) is 73.5 cm³/mol. The second-order valence-corrected chi connectivity index (χ2v) is 4.80. The summed E-state index contributed by atoms with van der Waals surface area (Å²) in [6.07, 6.45) is 0. The summed E-state index contributed by atoms with van der Waals surface area (Å²) in [5.74, 6) is 0.0510. The van der Waals surface area contributed by atoms with Crippen molar-refractivity contribution in [2.75, 3.05) is 11.9 Å². The standard InChI is InChI=1S/C10H12ClN5OS/c1-5(10(12)14-17)4-13-8-6(11)2-3-7-9(8)16-18-15-7/h2-3,5,13,17H,4H2,1H3,(H2,12,14). The van der Waals surface area contributed by atoms with Gasteiger partial charge in [0.05, 0.1) is 22.4 Å². The van der Waals surface area contributed by atoms with Crippen LogP contribution >= 0.6 is 23.3 Å². The summed E-state index contributed by atoms with van der Waals surface area (Å²) in [6, 6.07) is 3.58. The highest BCUT2D eigenvalue weighted by Crippen LogP contribution is 2.29. The number of halogens is 1. The van der Waals surface area contributed by atoms with Crippen molar-refractivity contribution in [3.63, 3.8) is 0 Å². The number of rotatable bonds is 4. The number of oxime groups is 1. The molecule has 96 valence electrons. The first-order valence-corrected chi connectivity index (χ1v) is 6.36. The van der Waals surface area contributed by atoms with Gasteiger partial charge in [-0.2, -0.15) is 8.75 Å². The summed E-state index contributed by atoms with van der Waals surface area (Å²) in [6.45, 7) is 2.33. The van der Waals surface area contributed by atoms with E-state index in [4.69, 9.17) is 22.5 Å².